The molecule has 21 heavy (non-hydrogen) atoms. The summed E-state index contributed by atoms with van der Waals surface area (Å²) in [6, 6.07) is 7.67. The third-order valence-corrected chi connectivity index (χ3v) is 2.99. The molecule has 1 aromatic carbocycles. The molecule has 0 saturated carbocycles. The molecule has 0 spiro atoms. The van der Waals surface area contributed by atoms with Gasteiger partial charge in [0.25, 0.3) is 5.91 Å². The van der Waals surface area contributed by atoms with Crippen LogP contribution in [0.4, 0.5) is 0 Å². The lowest BCUT2D eigenvalue weighted by molar-refractivity contribution is -0.121. The van der Waals surface area contributed by atoms with Gasteiger partial charge in [-0.15, -0.1) is 0 Å². The Hall–Kier alpha value is -1.88. The van der Waals surface area contributed by atoms with E-state index in [1.807, 2.05) is 45.2 Å². The zero-order valence-electron chi connectivity index (χ0n) is 13.0. The Balaban J connectivity index is 2.50. The van der Waals surface area contributed by atoms with E-state index < -0.39 is 0 Å². The van der Waals surface area contributed by atoms with Crippen molar-refractivity contribution >= 4 is 11.8 Å². The van der Waals surface area contributed by atoms with Gasteiger partial charge in [-0.1, -0.05) is 18.2 Å². The van der Waals surface area contributed by atoms with Gasteiger partial charge in [0.1, 0.15) is 0 Å². The minimum atomic E-state index is -0.126. The first-order valence-electron chi connectivity index (χ1n) is 7.34. The molecular formula is C16H25N3O2. The third kappa shape index (κ3) is 6.40. The first kappa shape index (κ1) is 17.2. The van der Waals surface area contributed by atoms with Crippen molar-refractivity contribution in [3.05, 3.63) is 35.4 Å². The molecule has 0 radical (unpaired) electrons. The van der Waals surface area contributed by atoms with Crippen LogP contribution in [0.3, 0.4) is 0 Å². The molecule has 0 heterocycles. The normalized spacial score (nSPS) is 10.5. The van der Waals surface area contributed by atoms with E-state index in [-0.39, 0.29) is 17.9 Å². The van der Waals surface area contributed by atoms with E-state index in [1.54, 1.807) is 0 Å². The van der Waals surface area contributed by atoms with Crippen LogP contribution in [0.25, 0.3) is 0 Å². The summed E-state index contributed by atoms with van der Waals surface area (Å²) in [5, 5.41) is 8.67. The molecular weight excluding hydrogens is 266 g/mol. The lowest BCUT2D eigenvalue weighted by Gasteiger charge is -2.11. The van der Waals surface area contributed by atoms with Gasteiger partial charge in [-0.2, -0.15) is 0 Å². The number of hydrogen-bond acceptors (Lipinski definition) is 3. The highest BCUT2D eigenvalue weighted by molar-refractivity contribution is 5.95. The SMILES string of the molecule is CNCCc1ccccc1C(=O)NCCC(=O)NC(C)C. The van der Waals surface area contributed by atoms with Gasteiger partial charge in [0.2, 0.25) is 5.91 Å². The van der Waals surface area contributed by atoms with Crippen LogP contribution in [0.5, 0.6) is 0 Å². The van der Waals surface area contributed by atoms with E-state index in [9.17, 15) is 9.59 Å². The molecule has 0 aliphatic rings. The topological polar surface area (TPSA) is 70.2 Å². The molecule has 0 saturated heterocycles. The van der Waals surface area contributed by atoms with Gasteiger partial charge in [-0.05, 0) is 45.5 Å². The second kappa shape index (κ2) is 9.13. The van der Waals surface area contributed by atoms with Crippen LogP contribution in [0, 0.1) is 0 Å². The van der Waals surface area contributed by atoms with Crippen molar-refractivity contribution in [1.82, 2.24) is 16.0 Å². The Morgan fingerprint density at radius 3 is 2.52 bits per heavy atom. The van der Waals surface area contributed by atoms with Crippen LogP contribution >= 0.6 is 0 Å². The van der Waals surface area contributed by atoms with E-state index in [0.29, 0.717) is 18.5 Å². The molecule has 2 amide bonds. The van der Waals surface area contributed by atoms with Gasteiger partial charge >= 0.3 is 0 Å². The van der Waals surface area contributed by atoms with Gasteiger partial charge < -0.3 is 16.0 Å². The summed E-state index contributed by atoms with van der Waals surface area (Å²) >= 11 is 0. The van der Waals surface area contributed by atoms with Crippen LogP contribution in [0.1, 0.15) is 36.2 Å². The largest absolute Gasteiger partial charge is 0.354 e. The van der Waals surface area contributed by atoms with E-state index in [2.05, 4.69) is 16.0 Å². The highest BCUT2D eigenvalue weighted by atomic mass is 16.2. The molecule has 1 rings (SSSR count). The predicted molar refractivity (Wildman–Crippen MR) is 84.3 cm³/mol. The van der Waals surface area contributed by atoms with Gasteiger partial charge in [-0.3, -0.25) is 9.59 Å². The Labute approximate surface area is 126 Å². The molecule has 0 fully saturated rings. The maximum atomic E-state index is 12.2. The van der Waals surface area contributed by atoms with Crippen LogP contribution in [0.2, 0.25) is 0 Å². The first-order valence-corrected chi connectivity index (χ1v) is 7.34. The zero-order valence-corrected chi connectivity index (χ0v) is 13.0. The minimum Gasteiger partial charge on any atom is -0.354 e. The Morgan fingerprint density at radius 2 is 1.86 bits per heavy atom. The number of amides is 2. The monoisotopic (exact) mass is 291 g/mol. The number of benzene rings is 1. The summed E-state index contributed by atoms with van der Waals surface area (Å²) in [5.74, 6) is -0.173. The zero-order chi connectivity index (χ0) is 15.7. The molecule has 3 N–H and O–H groups in total. The van der Waals surface area contributed by atoms with Crippen molar-refractivity contribution in [2.45, 2.75) is 32.7 Å². The third-order valence-electron chi connectivity index (χ3n) is 2.99. The summed E-state index contributed by atoms with van der Waals surface area (Å²) in [7, 11) is 1.88. The highest BCUT2D eigenvalue weighted by Crippen LogP contribution is 2.09. The van der Waals surface area contributed by atoms with Gasteiger partial charge in [0.05, 0.1) is 0 Å². The Morgan fingerprint density at radius 1 is 1.14 bits per heavy atom. The molecule has 0 aliphatic heterocycles. The molecule has 0 aliphatic carbocycles. The van der Waals surface area contributed by atoms with Gasteiger partial charge in [0, 0.05) is 24.6 Å². The van der Waals surface area contributed by atoms with Crippen molar-refractivity contribution in [2.24, 2.45) is 0 Å². The molecule has 0 bridgehead atoms. The number of hydrogen-bond donors (Lipinski definition) is 3. The van der Waals surface area contributed by atoms with Gasteiger partial charge in [0.15, 0.2) is 0 Å². The smallest absolute Gasteiger partial charge is 0.251 e. The predicted octanol–water partition coefficient (Wildman–Crippen LogP) is 1.09. The maximum absolute atomic E-state index is 12.2. The molecule has 5 heteroatoms. The summed E-state index contributed by atoms with van der Waals surface area (Å²) < 4.78 is 0. The number of rotatable bonds is 8. The van der Waals surface area contributed by atoms with E-state index in [0.717, 1.165) is 18.5 Å². The second-order valence-electron chi connectivity index (χ2n) is 5.24. The van der Waals surface area contributed by atoms with Crippen LogP contribution in [-0.4, -0.2) is 38.0 Å². The number of nitrogens with one attached hydrogen (secondary N) is 3. The lowest BCUT2D eigenvalue weighted by atomic mass is 10.0. The Bertz CT molecular complexity index is 472. The fraction of sp³-hybridized carbons (Fsp3) is 0.500. The molecule has 116 valence electrons. The summed E-state index contributed by atoms with van der Waals surface area (Å²) in [5.41, 5.74) is 1.69. The number of carbonyl (C=O) groups excluding carboxylic acids is 2. The van der Waals surface area contributed by atoms with E-state index in [4.69, 9.17) is 0 Å². The van der Waals surface area contributed by atoms with Crippen molar-refractivity contribution in [3.63, 3.8) is 0 Å². The van der Waals surface area contributed by atoms with Crippen LogP contribution < -0.4 is 16.0 Å². The molecule has 5 nitrogen and oxygen atoms in total. The minimum absolute atomic E-state index is 0.0474. The maximum Gasteiger partial charge on any atom is 0.251 e. The first-order chi connectivity index (χ1) is 10.0. The fourth-order valence-electron chi connectivity index (χ4n) is 2.00. The Kier molecular flexibility index (Phi) is 7.46. The van der Waals surface area contributed by atoms with E-state index in [1.165, 1.54) is 0 Å². The molecule has 0 unspecified atom stereocenters. The van der Waals surface area contributed by atoms with E-state index >= 15 is 0 Å². The number of carbonyl (C=O) groups is 2. The fourth-order valence-corrected chi connectivity index (χ4v) is 2.00. The van der Waals surface area contributed by atoms with Crippen molar-refractivity contribution in [3.8, 4) is 0 Å². The average Bonchev–Trinajstić information content (AvgIpc) is 2.44. The van der Waals surface area contributed by atoms with Crippen LogP contribution in [0.15, 0.2) is 24.3 Å². The molecule has 0 aromatic heterocycles. The summed E-state index contributed by atoms with van der Waals surface area (Å²) in [4.78, 5) is 23.7. The quantitative estimate of drug-likeness (QED) is 0.671. The molecule has 0 atom stereocenters. The van der Waals surface area contributed by atoms with Crippen molar-refractivity contribution < 1.29 is 9.59 Å². The van der Waals surface area contributed by atoms with Gasteiger partial charge in [-0.25, -0.2) is 0 Å². The second-order valence-corrected chi connectivity index (χ2v) is 5.24. The molecule has 1 aromatic rings. The highest BCUT2D eigenvalue weighted by Gasteiger charge is 2.11. The summed E-state index contributed by atoms with van der Waals surface area (Å²) in [6.45, 7) is 4.99. The standard InChI is InChI=1S/C16H25N3O2/c1-12(2)19-15(20)9-11-18-16(21)14-7-5-4-6-13(14)8-10-17-3/h4-7,12,17H,8-11H2,1-3H3,(H,18,21)(H,19,20). The van der Waals surface area contributed by atoms with Crippen LogP contribution in [-0.2, 0) is 11.2 Å². The lowest BCUT2D eigenvalue weighted by Crippen LogP contribution is -2.34. The van der Waals surface area contributed by atoms with Crippen molar-refractivity contribution in [1.29, 1.82) is 0 Å². The van der Waals surface area contributed by atoms with Crippen molar-refractivity contribution in [2.75, 3.05) is 20.1 Å². The number of likely N-dealkylation sites (N-methyl/N-ethyl adjacent to an activating group) is 1. The summed E-state index contributed by atoms with van der Waals surface area (Å²) in [6.07, 6.45) is 1.09. The average molecular weight is 291 g/mol.